The van der Waals surface area contributed by atoms with E-state index < -0.39 is 28.5 Å². The third-order valence-electron chi connectivity index (χ3n) is 5.48. The molecule has 0 aromatic heterocycles. The van der Waals surface area contributed by atoms with Crippen LogP contribution in [0, 0.1) is 6.92 Å². The molecule has 1 amide bonds. The van der Waals surface area contributed by atoms with Crippen molar-refractivity contribution in [2.75, 3.05) is 25.0 Å². The molecule has 0 radical (unpaired) electrons. The largest absolute Gasteiger partial charge is 0.495 e. The Morgan fingerprint density at radius 1 is 1.06 bits per heavy atom. The molecule has 0 aliphatic heterocycles. The summed E-state index contributed by atoms with van der Waals surface area (Å²) in [6, 6.07) is 10.8. The van der Waals surface area contributed by atoms with Crippen LogP contribution in [0.2, 0.25) is 0 Å². The molecule has 0 atom stereocenters. The summed E-state index contributed by atoms with van der Waals surface area (Å²) in [4.78, 5) is 24.3. The highest BCUT2D eigenvalue weighted by molar-refractivity contribution is 7.92. The molecule has 9 heteroatoms. The Hall–Kier alpha value is -3.33. The summed E-state index contributed by atoms with van der Waals surface area (Å²) in [7, 11) is -2.71. The van der Waals surface area contributed by atoms with Crippen LogP contribution in [0.5, 0.6) is 5.75 Å². The normalized spacial score (nSPS) is 13.5. The van der Waals surface area contributed by atoms with Gasteiger partial charge in [-0.15, -0.1) is 0 Å². The van der Waals surface area contributed by atoms with Gasteiger partial charge >= 0.3 is 5.97 Å². The lowest BCUT2D eigenvalue weighted by Gasteiger charge is -2.14. The molecule has 2 N–H and O–H groups in total. The van der Waals surface area contributed by atoms with Crippen LogP contribution in [0.25, 0.3) is 0 Å². The lowest BCUT2D eigenvalue weighted by Crippen LogP contribution is -2.30. The summed E-state index contributed by atoms with van der Waals surface area (Å²) in [6.45, 7) is 1.93. The van der Waals surface area contributed by atoms with E-state index in [1.54, 1.807) is 24.3 Å². The van der Waals surface area contributed by atoms with Crippen molar-refractivity contribution in [3.63, 3.8) is 0 Å². The summed E-state index contributed by atoms with van der Waals surface area (Å²) >= 11 is 0. The molecular weight excluding hydrogens is 456 g/mol. The molecule has 0 fully saturated rings. The quantitative estimate of drug-likeness (QED) is 0.388. The standard InChI is InChI=1S/C25H30N2O6S/c1-18-8-11-21(12-9-18)27-34(30,31)23-16-20(10-13-22(23)32-2)25(29)33-17-24(28)26-15-14-19-6-4-3-5-7-19/h6,8-13,16,27H,3-5,7,14-15,17H2,1-2H3,(H,26,28). The van der Waals surface area contributed by atoms with E-state index in [1.165, 1.54) is 43.7 Å². The van der Waals surface area contributed by atoms with E-state index in [0.717, 1.165) is 24.8 Å². The number of anilines is 1. The molecule has 2 aromatic carbocycles. The Kier molecular flexibility index (Phi) is 8.70. The minimum absolute atomic E-state index is 0.00903. The summed E-state index contributed by atoms with van der Waals surface area (Å²) in [5.74, 6) is -1.14. The van der Waals surface area contributed by atoms with Crippen molar-refractivity contribution >= 4 is 27.6 Å². The fourth-order valence-corrected chi connectivity index (χ4v) is 4.86. The number of nitrogens with one attached hydrogen (secondary N) is 2. The highest BCUT2D eigenvalue weighted by Crippen LogP contribution is 2.27. The van der Waals surface area contributed by atoms with E-state index in [-0.39, 0.29) is 16.2 Å². The zero-order chi connectivity index (χ0) is 24.6. The van der Waals surface area contributed by atoms with Crippen molar-refractivity contribution in [3.8, 4) is 5.75 Å². The number of amides is 1. The van der Waals surface area contributed by atoms with Crippen LogP contribution in [0.3, 0.4) is 0 Å². The molecule has 0 saturated heterocycles. The van der Waals surface area contributed by atoms with Crippen LogP contribution in [-0.2, 0) is 19.6 Å². The smallest absolute Gasteiger partial charge is 0.338 e. The first-order valence-corrected chi connectivity index (χ1v) is 12.7. The van der Waals surface area contributed by atoms with Gasteiger partial charge in [-0.25, -0.2) is 13.2 Å². The lowest BCUT2D eigenvalue weighted by atomic mass is 9.97. The second kappa shape index (κ2) is 11.7. The van der Waals surface area contributed by atoms with Crippen molar-refractivity contribution in [1.82, 2.24) is 5.32 Å². The van der Waals surface area contributed by atoms with Crippen LogP contribution in [0.4, 0.5) is 5.69 Å². The topological polar surface area (TPSA) is 111 Å². The predicted molar refractivity (Wildman–Crippen MR) is 129 cm³/mol. The molecule has 0 saturated carbocycles. The minimum atomic E-state index is -4.05. The number of ether oxygens (including phenoxy) is 2. The first kappa shape index (κ1) is 25.3. The van der Waals surface area contributed by atoms with E-state index in [0.29, 0.717) is 12.2 Å². The number of esters is 1. The van der Waals surface area contributed by atoms with Crippen molar-refractivity contribution in [3.05, 3.63) is 65.2 Å². The van der Waals surface area contributed by atoms with Gasteiger partial charge in [0, 0.05) is 12.2 Å². The lowest BCUT2D eigenvalue weighted by molar-refractivity contribution is -0.124. The van der Waals surface area contributed by atoms with E-state index in [1.807, 2.05) is 6.92 Å². The number of methoxy groups -OCH3 is 1. The summed E-state index contributed by atoms with van der Waals surface area (Å²) in [6.07, 6.45) is 7.54. The fraction of sp³-hybridized carbons (Fsp3) is 0.360. The maximum Gasteiger partial charge on any atom is 0.338 e. The molecule has 3 rings (SSSR count). The highest BCUT2D eigenvalue weighted by atomic mass is 32.2. The SMILES string of the molecule is COc1ccc(C(=O)OCC(=O)NCCC2=CCCCC2)cc1S(=O)(=O)Nc1ccc(C)cc1. The Morgan fingerprint density at radius 3 is 2.50 bits per heavy atom. The van der Waals surface area contributed by atoms with Crippen LogP contribution in [-0.4, -0.2) is 40.6 Å². The van der Waals surface area contributed by atoms with Crippen LogP contribution < -0.4 is 14.8 Å². The first-order valence-electron chi connectivity index (χ1n) is 11.2. The van der Waals surface area contributed by atoms with Gasteiger partial charge in [-0.3, -0.25) is 9.52 Å². The average Bonchev–Trinajstić information content (AvgIpc) is 2.84. The number of rotatable bonds is 10. The molecule has 0 unspecified atom stereocenters. The molecular formula is C25H30N2O6S. The van der Waals surface area contributed by atoms with Gasteiger partial charge in [-0.2, -0.15) is 0 Å². The fourth-order valence-electron chi connectivity index (χ4n) is 3.61. The molecule has 0 heterocycles. The number of hydrogen-bond donors (Lipinski definition) is 2. The van der Waals surface area contributed by atoms with E-state index in [4.69, 9.17) is 9.47 Å². The first-order chi connectivity index (χ1) is 16.3. The molecule has 2 aromatic rings. The monoisotopic (exact) mass is 486 g/mol. The summed E-state index contributed by atoms with van der Waals surface area (Å²) < 4.78 is 38.6. The maximum absolute atomic E-state index is 12.9. The Labute approximate surface area is 200 Å². The Bertz CT molecular complexity index is 1160. The van der Waals surface area contributed by atoms with Crippen molar-refractivity contribution < 1.29 is 27.5 Å². The van der Waals surface area contributed by atoms with Crippen molar-refractivity contribution in [1.29, 1.82) is 0 Å². The van der Waals surface area contributed by atoms with E-state index in [2.05, 4.69) is 16.1 Å². The molecule has 182 valence electrons. The van der Waals surface area contributed by atoms with Gasteiger partial charge in [0.05, 0.1) is 12.7 Å². The van der Waals surface area contributed by atoms with Gasteiger partial charge in [-0.05, 0) is 69.4 Å². The second-order valence-electron chi connectivity index (χ2n) is 8.12. The van der Waals surface area contributed by atoms with Crippen molar-refractivity contribution in [2.45, 2.75) is 43.9 Å². The third kappa shape index (κ3) is 7.08. The minimum Gasteiger partial charge on any atom is -0.495 e. The van der Waals surface area contributed by atoms with Gasteiger partial charge in [-0.1, -0.05) is 29.3 Å². The van der Waals surface area contributed by atoms with E-state index in [9.17, 15) is 18.0 Å². The number of aryl methyl sites for hydroxylation is 1. The molecule has 0 bridgehead atoms. The van der Waals surface area contributed by atoms with Gasteiger partial charge in [0.15, 0.2) is 6.61 Å². The Balaban J connectivity index is 1.61. The molecule has 34 heavy (non-hydrogen) atoms. The summed E-state index contributed by atoms with van der Waals surface area (Å²) in [5, 5.41) is 2.74. The van der Waals surface area contributed by atoms with Crippen molar-refractivity contribution in [2.24, 2.45) is 0 Å². The molecule has 8 nitrogen and oxygen atoms in total. The zero-order valence-corrected chi connectivity index (χ0v) is 20.2. The predicted octanol–water partition coefficient (Wildman–Crippen LogP) is 3.97. The number of benzene rings is 2. The van der Waals surface area contributed by atoms with Gasteiger partial charge < -0.3 is 14.8 Å². The number of allylic oxidation sites excluding steroid dienone is 1. The molecule has 1 aliphatic rings. The van der Waals surface area contributed by atoms with Gasteiger partial charge in [0.1, 0.15) is 10.6 Å². The number of carbonyl (C=O) groups excluding carboxylic acids is 2. The molecule has 1 aliphatic carbocycles. The number of carbonyl (C=O) groups is 2. The van der Waals surface area contributed by atoms with E-state index >= 15 is 0 Å². The maximum atomic E-state index is 12.9. The summed E-state index contributed by atoms with van der Waals surface area (Å²) in [5.41, 5.74) is 2.70. The Morgan fingerprint density at radius 2 is 1.82 bits per heavy atom. The second-order valence-corrected chi connectivity index (χ2v) is 9.77. The zero-order valence-electron chi connectivity index (χ0n) is 19.4. The van der Waals surface area contributed by atoms with Gasteiger partial charge in [0.25, 0.3) is 15.9 Å². The van der Waals surface area contributed by atoms with Gasteiger partial charge in [0.2, 0.25) is 0 Å². The van der Waals surface area contributed by atoms with Crippen LogP contribution >= 0.6 is 0 Å². The average molecular weight is 487 g/mol. The van der Waals surface area contributed by atoms with Crippen LogP contribution in [0.15, 0.2) is 59.0 Å². The number of sulfonamides is 1. The highest BCUT2D eigenvalue weighted by Gasteiger charge is 2.23. The van der Waals surface area contributed by atoms with Crippen LogP contribution in [0.1, 0.15) is 48.0 Å². The third-order valence-corrected chi connectivity index (χ3v) is 6.88. The molecule has 0 spiro atoms. The number of hydrogen-bond acceptors (Lipinski definition) is 6.